The van der Waals surface area contributed by atoms with Crippen LogP contribution in [0.3, 0.4) is 0 Å². The molecule has 3 heteroatoms. The molecule has 0 aliphatic rings. The van der Waals surface area contributed by atoms with Crippen molar-refractivity contribution in [3.8, 4) is 0 Å². The topological polar surface area (TPSA) is 0 Å². The zero-order valence-electron chi connectivity index (χ0n) is 19.6. The number of rotatable bonds is 16. The van der Waals surface area contributed by atoms with E-state index in [1.54, 1.807) is 0 Å². The van der Waals surface area contributed by atoms with Crippen LogP contribution in [0.25, 0.3) is 0 Å². The molecule has 0 aliphatic carbocycles. The minimum atomic E-state index is 0. The predicted molar refractivity (Wildman–Crippen MR) is 134 cm³/mol. The van der Waals surface area contributed by atoms with Gasteiger partial charge in [-0.2, -0.15) is 9.49 Å². The Morgan fingerprint density at radius 3 is 0.889 bits per heavy atom. The quantitative estimate of drug-likeness (QED) is 0.113. The fourth-order valence-corrected chi connectivity index (χ4v) is 3.30. The summed E-state index contributed by atoms with van der Waals surface area (Å²) in [6.07, 6.45) is 21.8. The maximum atomic E-state index is 5.30. The smallest absolute Gasteiger partial charge is 0.786 e. The molecule has 0 nitrogen and oxygen atoms in total. The Morgan fingerprint density at radius 2 is 0.667 bits per heavy atom. The van der Waals surface area contributed by atoms with Gasteiger partial charge in [-0.1, -0.05) is 144 Å². The minimum absolute atomic E-state index is 0. The first kappa shape index (κ1) is 33.1. The molecule has 0 bridgehead atoms. The summed E-state index contributed by atoms with van der Waals surface area (Å²) in [5, 5.41) is 0. The van der Waals surface area contributed by atoms with E-state index in [9.17, 15) is 0 Å². The van der Waals surface area contributed by atoms with Crippen molar-refractivity contribution in [2.45, 2.75) is 154 Å². The molecule has 0 aromatic heterocycles. The third-order valence-corrected chi connectivity index (χ3v) is 5.17. The second-order valence-electron chi connectivity index (χ2n) is 9.26. The van der Waals surface area contributed by atoms with Crippen LogP contribution in [0.5, 0.6) is 0 Å². The predicted octanol–water partition coefficient (Wildman–Crippen LogP) is 8.52. The standard InChI is InChI=1S/2C12H26S.Sn/c2*1-4-5-6-7-8-9-10-11-12(2,3)13;/h2*13H,4-11H2,1-3H3;/q;;+2/p-2. The molecular weight excluding hydrogens is 471 g/mol. The molecular formula is C24H50S2Sn. The van der Waals surface area contributed by atoms with E-state index in [2.05, 4.69) is 41.5 Å². The molecule has 0 aromatic carbocycles. The van der Waals surface area contributed by atoms with Crippen molar-refractivity contribution in [2.24, 2.45) is 0 Å². The van der Waals surface area contributed by atoms with E-state index in [0.29, 0.717) is 0 Å². The largest absolute Gasteiger partial charge is 2.00 e. The monoisotopic (exact) mass is 522 g/mol. The van der Waals surface area contributed by atoms with E-state index in [1.807, 2.05) is 0 Å². The summed E-state index contributed by atoms with van der Waals surface area (Å²) in [7, 11) is 0. The average molecular weight is 522 g/mol. The molecule has 0 saturated heterocycles. The van der Waals surface area contributed by atoms with E-state index in [-0.39, 0.29) is 33.4 Å². The Morgan fingerprint density at radius 1 is 0.444 bits per heavy atom. The third kappa shape index (κ3) is 38.7. The van der Waals surface area contributed by atoms with Crippen LogP contribution in [0, 0.1) is 0 Å². The third-order valence-electron chi connectivity index (χ3n) is 4.76. The Labute approximate surface area is 202 Å². The van der Waals surface area contributed by atoms with Gasteiger partial charge in [0.15, 0.2) is 0 Å². The summed E-state index contributed by atoms with van der Waals surface area (Å²) in [6.45, 7) is 13.1. The van der Waals surface area contributed by atoms with Crippen LogP contribution in [-0.4, -0.2) is 33.4 Å². The summed E-state index contributed by atoms with van der Waals surface area (Å²) in [5.41, 5.74) is 0. The number of unbranched alkanes of at least 4 members (excludes halogenated alkanes) is 12. The summed E-state index contributed by atoms with van der Waals surface area (Å²) < 4.78 is 0.257. The van der Waals surface area contributed by atoms with Gasteiger partial charge in [-0.3, -0.25) is 0 Å². The van der Waals surface area contributed by atoms with Crippen LogP contribution in [0.2, 0.25) is 0 Å². The van der Waals surface area contributed by atoms with Gasteiger partial charge in [-0.15, -0.1) is 0 Å². The van der Waals surface area contributed by atoms with Crippen molar-refractivity contribution in [2.75, 3.05) is 0 Å². The summed E-state index contributed by atoms with van der Waals surface area (Å²) in [6, 6.07) is 0. The van der Waals surface area contributed by atoms with Gasteiger partial charge in [-0.05, 0) is 0 Å². The summed E-state index contributed by atoms with van der Waals surface area (Å²) >= 11 is 10.6. The van der Waals surface area contributed by atoms with Gasteiger partial charge in [0.1, 0.15) is 0 Å². The summed E-state index contributed by atoms with van der Waals surface area (Å²) in [4.78, 5) is 0. The van der Waals surface area contributed by atoms with Gasteiger partial charge in [0, 0.05) is 0 Å². The maximum absolute atomic E-state index is 5.30. The molecule has 27 heavy (non-hydrogen) atoms. The molecule has 2 radical (unpaired) electrons. The van der Waals surface area contributed by atoms with Gasteiger partial charge < -0.3 is 25.3 Å². The maximum Gasteiger partial charge on any atom is 2.00 e. The van der Waals surface area contributed by atoms with Crippen LogP contribution in [0.4, 0.5) is 0 Å². The SMILES string of the molecule is CCCCCCCCCC(C)(C)[S-].CCCCCCCCCC(C)(C)[S-].[Sn+2]. The second-order valence-corrected chi connectivity index (χ2v) is 11.5. The molecule has 0 fully saturated rings. The normalized spacial score (nSPS) is 11.6. The molecule has 0 unspecified atom stereocenters. The second kappa shape index (κ2) is 22.2. The molecule has 0 N–H and O–H groups in total. The van der Waals surface area contributed by atoms with Crippen molar-refractivity contribution in [1.29, 1.82) is 0 Å². The van der Waals surface area contributed by atoms with Crippen molar-refractivity contribution in [3.05, 3.63) is 0 Å². The zero-order chi connectivity index (χ0) is 20.3. The van der Waals surface area contributed by atoms with Gasteiger partial charge in [-0.25, -0.2) is 0 Å². The zero-order valence-corrected chi connectivity index (χ0v) is 24.1. The van der Waals surface area contributed by atoms with Crippen LogP contribution in [0.1, 0.15) is 144 Å². The Hall–Kier alpha value is 1.50. The van der Waals surface area contributed by atoms with E-state index in [4.69, 9.17) is 25.3 Å². The van der Waals surface area contributed by atoms with E-state index in [1.165, 1.54) is 103 Å². The molecule has 0 amide bonds. The molecule has 0 heterocycles. The Bertz CT molecular complexity index is 239. The van der Waals surface area contributed by atoms with E-state index >= 15 is 0 Å². The first-order valence-corrected chi connectivity index (χ1v) is 12.3. The van der Waals surface area contributed by atoms with Crippen LogP contribution in [-0.2, 0) is 25.3 Å². The molecule has 0 rings (SSSR count). The Kier molecular flexibility index (Phi) is 27.2. The fourth-order valence-electron chi connectivity index (χ4n) is 3.02. The van der Waals surface area contributed by atoms with Crippen LogP contribution < -0.4 is 0 Å². The molecule has 0 atom stereocenters. The molecule has 0 aliphatic heterocycles. The molecule has 0 spiro atoms. The fraction of sp³-hybridized carbons (Fsp3) is 1.00. The number of hydrogen-bond donors (Lipinski definition) is 0. The van der Waals surface area contributed by atoms with Gasteiger partial charge in [0.2, 0.25) is 0 Å². The van der Waals surface area contributed by atoms with E-state index < -0.39 is 0 Å². The van der Waals surface area contributed by atoms with Crippen molar-refractivity contribution in [3.63, 3.8) is 0 Å². The van der Waals surface area contributed by atoms with E-state index in [0.717, 1.165) is 0 Å². The first-order valence-electron chi connectivity index (χ1n) is 11.5. The van der Waals surface area contributed by atoms with Crippen molar-refractivity contribution < 1.29 is 0 Å². The van der Waals surface area contributed by atoms with Gasteiger partial charge in [0.25, 0.3) is 0 Å². The average Bonchev–Trinajstić information content (AvgIpc) is 2.52. The minimum Gasteiger partial charge on any atom is -0.786 e. The Balaban J connectivity index is -0.000000411. The van der Waals surface area contributed by atoms with Crippen molar-refractivity contribution >= 4 is 49.2 Å². The van der Waals surface area contributed by atoms with Gasteiger partial charge in [0.05, 0.1) is 0 Å². The van der Waals surface area contributed by atoms with Crippen LogP contribution in [0.15, 0.2) is 0 Å². The van der Waals surface area contributed by atoms with Crippen molar-refractivity contribution in [1.82, 2.24) is 0 Å². The molecule has 162 valence electrons. The number of hydrogen-bond acceptors (Lipinski definition) is 2. The van der Waals surface area contributed by atoms with Crippen LogP contribution >= 0.6 is 0 Å². The first-order chi connectivity index (χ1) is 12.1. The molecule has 0 aromatic rings. The van der Waals surface area contributed by atoms with Gasteiger partial charge >= 0.3 is 23.9 Å². The molecule has 0 saturated carbocycles. The summed E-state index contributed by atoms with van der Waals surface area (Å²) in [5.74, 6) is 0.